The molecule has 6 nitrogen and oxygen atoms in total. The number of nitrogens with zero attached hydrogens (tertiary/aromatic N) is 3. The van der Waals surface area contributed by atoms with Crippen molar-refractivity contribution >= 4 is 5.91 Å². The van der Waals surface area contributed by atoms with E-state index in [2.05, 4.69) is 9.97 Å². The smallest absolute Gasteiger partial charge is 0.271 e. The number of aromatic amines is 1. The third-order valence-corrected chi connectivity index (χ3v) is 3.59. The second-order valence-electron chi connectivity index (χ2n) is 5.05. The van der Waals surface area contributed by atoms with Crippen LogP contribution < -0.4 is 0 Å². The van der Waals surface area contributed by atoms with E-state index >= 15 is 0 Å². The van der Waals surface area contributed by atoms with E-state index in [4.69, 9.17) is 4.74 Å². The number of rotatable bonds is 2. The number of hydrogen-bond donors (Lipinski definition) is 1. The molecule has 1 atom stereocenters. The molecule has 6 heteroatoms. The summed E-state index contributed by atoms with van der Waals surface area (Å²) in [7, 11) is 1.87. The Balaban J connectivity index is 1.89. The number of amides is 1. The van der Waals surface area contributed by atoms with E-state index in [9.17, 15) is 4.79 Å². The summed E-state index contributed by atoms with van der Waals surface area (Å²) in [5.41, 5.74) is 1.66. The minimum atomic E-state index is -0.153. The number of morpholine rings is 1. The van der Waals surface area contributed by atoms with Crippen molar-refractivity contribution in [2.24, 2.45) is 7.05 Å². The monoisotopic (exact) mass is 274 g/mol. The number of carbonyl (C=O) groups excluding carboxylic acids is 1. The minimum absolute atomic E-state index is 0.0138. The van der Waals surface area contributed by atoms with Crippen molar-refractivity contribution in [3.8, 4) is 0 Å². The standard InChI is InChI=1S/C14H18N4O2/c1-10-8-15-13(16-10)12-9-20-7-6-18(12)14(19)11-4-3-5-17(11)2/h3-5,8,12H,6-7,9H2,1-2H3,(H,15,16)/t12-/m1/s1. The molecule has 0 aliphatic carbocycles. The van der Waals surface area contributed by atoms with Gasteiger partial charge in [0.2, 0.25) is 0 Å². The van der Waals surface area contributed by atoms with Gasteiger partial charge in [0.1, 0.15) is 17.6 Å². The second-order valence-corrected chi connectivity index (χ2v) is 5.05. The van der Waals surface area contributed by atoms with Crippen molar-refractivity contribution in [1.82, 2.24) is 19.4 Å². The van der Waals surface area contributed by atoms with Crippen LogP contribution in [0.4, 0.5) is 0 Å². The Labute approximate surface area is 117 Å². The topological polar surface area (TPSA) is 63.1 Å². The lowest BCUT2D eigenvalue weighted by Crippen LogP contribution is -2.44. The lowest BCUT2D eigenvalue weighted by Gasteiger charge is -2.34. The van der Waals surface area contributed by atoms with Gasteiger partial charge >= 0.3 is 0 Å². The molecule has 1 fully saturated rings. The first-order valence-corrected chi connectivity index (χ1v) is 6.68. The van der Waals surface area contributed by atoms with Crippen LogP contribution in [0.3, 0.4) is 0 Å². The molecule has 0 aromatic carbocycles. The van der Waals surface area contributed by atoms with Crippen molar-refractivity contribution in [2.75, 3.05) is 19.8 Å². The Kier molecular flexibility index (Phi) is 3.31. The Bertz CT molecular complexity index is 616. The molecule has 1 saturated heterocycles. The largest absolute Gasteiger partial charge is 0.377 e. The summed E-state index contributed by atoms with van der Waals surface area (Å²) in [6.45, 7) is 3.56. The highest BCUT2D eigenvalue weighted by Crippen LogP contribution is 2.24. The number of aromatic nitrogens is 3. The number of aryl methyl sites for hydroxylation is 2. The van der Waals surface area contributed by atoms with Crippen molar-refractivity contribution in [2.45, 2.75) is 13.0 Å². The summed E-state index contributed by atoms with van der Waals surface area (Å²) in [6.07, 6.45) is 3.65. The van der Waals surface area contributed by atoms with Gasteiger partial charge in [0.05, 0.1) is 13.2 Å². The first-order valence-electron chi connectivity index (χ1n) is 6.68. The van der Waals surface area contributed by atoms with Gasteiger partial charge in [0.25, 0.3) is 5.91 Å². The predicted octanol–water partition coefficient (Wildman–Crippen LogP) is 1.27. The van der Waals surface area contributed by atoms with Gasteiger partial charge in [-0.1, -0.05) is 0 Å². The van der Waals surface area contributed by atoms with E-state index in [1.54, 1.807) is 6.20 Å². The maximum absolute atomic E-state index is 12.7. The molecule has 20 heavy (non-hydrogen) atoms. The van der Waals surface area contributed by atoms with E-state index in [0.717, 1.165) is 11.5 Å². The van der Waals surface area contributed by atoms with Gasteiger partial charge in [-0.25, -0.2) is 4.98 Å². The van der Waals surface area contributed by atoms with Gasteiger partial charge in [0.15, 0.2) is 0 Å². The van der Waals surface area contributed by atoms with Crippen LogP contribution in [0, 0.1) is 6.92 Å². The van der Waals surface area contributed by atoms with Crippen LogP contribution in [0.2, 0.25) is 0 Å². The van der Waals surface area contributed by atoms with Crippen LogP contribution in [0.5, 0.6) is 0 Å². The molecule has 106 valence electrons. The molecule has 0 unspecified atom stereocenters. The lowest BCUT2D eigenvalue weighted by molar-refractivity contribution is -0.00549. The van der Waals surface area contributed by atoms with Crippen molar-refractivity contribution in [3.63, 3.8) is 0 Å². The molecule has 3 heterocycles. The molecular formula is C14H18N4O2. The highest BCUT2D eigenvalue weighted by Gasteiger charge is 2.31. The molecule has 1 aliphatic heterocycles. The predicted molar refractivity (Wildman–Crippen MR) is 73.3 cm³/mol. The summed E-state index contributed by atoms with van der Waals surface area (Å²) >= 11 is 0. The Morgan fingerprint density at radius 1 is 1.55 bits per heavy atom. The van der Waals surface area contributed by atoms with Crippen LogP contribution in [-0.4, -0.2) is 45.1 Å². The summed E-state index contributed by atoms with van der Waals surface area (Å²) < 4.78 is 7.35. The first-order chi connectivity index (χ1) is 9.66. The third kappa shape index (κ3) is 2.22. The Hall–Kier alpha value is -2.08. The average Bonchev–Trinajstić information content (AvgIpc) is 3.07. The van der Waals surface area contributed by atoms with Crippen LogP contribution in [0.25, 0.3) is 0 Å². The molecule has 2 aromatic heterocycles. The average molecular weight is 274 g/mol. The number of nitrogens with one attached hydrogen (secondary N) is 1. The van der Waals surface area contributed by atoms with Crippen molar-refractivity contribution < 1.29 is 9.53 Å². The van der Waals surface area contributed by atoms with Crippen LogP contribution in [0.15, 0.2) is 24.5 Å². The fraction of sp³-hybridized carbons (Fsp3) is 0.429. The molecule has 0 saturated carbocycles. The van der Waals surface area contributed by atoms with E-state index < -0.39 is 0 Å². The normalized spacial score (nSPS) is 19.3. The minimum Gasteiger partial charge on any atom is -0.377 e. The summed E-state index contributed by atoms with van der Waals surface area (Å²) in [5, 5.41) is 0. The number of carbonyl (C=O) groups is 1. The van der Waals surface area contributed by atoms with Gasteiger partial charge in [-0.2, -0.15) is 0 Å². The summed E-state index contributed by atoms with van der Waals surface area (Å²) in [4.78, 5) is 22.0. The molecule has 1 N–H and O–H groups in total. The SMILES string of the molecule is Cc1cnc([C@H]2COCCN2C(=O)c2cccn2C)[nH]1. The van der Waals surface area contributed by atoms with Crippen LogP contribution in [-0.2, 0) is 11.8 Å². The molecule has 1 amide bonds. The fourth-order valence-electron chi connectivity index (χ4n) is 2.51. The summed E-state index contributed by atoms with van der Waals surface area (Å²) in [5.74, 6) is 0.796. The van der Waals surface area contributed by atoms with Gasteiger partial charge in [-0.15, -0.1) is 0 Å². The zero-order valence-electron chi connectivity index (χ0n) is 11.7. The molecule has 3 rings (SSSR count). The Morgan fingerprint density at radius 3 is 3.05 bits per heavy atom. The number of H-pyrrole nitrogens is 1. The third-order valence-electron chi connectivity index (χ3n) is 3.59. The maximum Gasteiger partial charge on any atom is 0.271 e. The van der Waals surface area contributed by atoms with E-state index in [0.29, 0.717) is 25.5 Å². The highest BCUT2D eigenvalue weighted by molar-refractivity contribution is 5.93. The van der Waals surface area contributed by atoms with Crippen molar-refractivity contribution in [3.05, 3.63) is 41.7 Å². The lowest BCUT2D eigenvalue weighted by atomic mass is 10.2. The molecular weight excluding hydrogens is 256 g/mol. The molecule has 0 bridgehead atoms. The van der Waals surface area contributed by atoms with Gasteiger partial charge < -0.3 is 19.2 Å². The Morgan fingerprint density at radius 2 is 2.40 bits per heavy atom. The quantitative estimate of drug-likeness (QED) is 0.897. The van der Waals surface area contributed by atoms with Gasteiger partial charge in [0, 0.05) is 31.7 Å². The molecule has 2 aromatic rings. The van der Waals surface area contributed by atoms with Crippen LogP contribution in [0.1, 0.15) is 28.0 Å². The van der Waals surface area contributed by atoms with Gasteiger partial charge in [-0.3, -0.25) is 4.79 Å². The first kappa shape index (κ1) is 12.9. The zero-order valence-corrected chi connectivity index (χ0v) is 11.7. The zero-order chi connectivity index (χ0) is 14.1. The highest BCUT2D eigenvalue weighted by atomic mass is 16.5. The summed E-state index contributed by atoms with van der Waals surface area (Å²) in [6, 6.07) is 3.56. The van der Waals surface area contributed by atoms with Crippen molar-refractivity contribution in [1.29, 1.82) is 0 Å². The van der Waals surface area contributed by atoms with E-state index in [1.165, 1.54) is 0 Å². The molecule has 0 spiro atoms. The fourth-order valence-corrected chi connectivity index (χ4v) is 2.51. The van der Waals surface area contributed by atoms with E-state index in [-0.39, 0.29) is 11.9 Å². The molecule has 0 radical (unpaired) electrons. The van der Waals surface area contributed by atoms with Crippen LogP contribution >= 0.6 is 0 Å². The van der Waals surface area contributed by atoms with E-state index in [1.807, 2.05) is 41.8 Å². The van der Waals surface area contributed by atoms with Gasteiger partial charge in [-0.05, 0) is 19.1 Å². The molecule has 1 aliphatic rings. The number of imidazole rings is 1. The maximum atomic E-state index is 12.7. The second kappa shape index (κ2) is 5.13. The number of hydrogen-bond acceptors (Lipinski definition) is 3. The number of ether oxygens (including phenoxy) is 1.